The van der Waals surface area contributed by atoms with Crippen molar-refractivity contribution in [3.8, 4) is 5.75 Å². The molecule has 3 aromatic carbocycles. The molecule has 110 valence electrons. The van der Waals surface area contributed by atoms with Crippen LogP contribution in [0.3, 0.4) is 0 Å². The summed E-state index contributed by atoms with van der Waals surface area (Å²) in [5, 5.41) is 2.05. The molecule has 0 fully saturated rings. The van der Waals surface area contributed by atoms with Crippen LogP contribution in [0.25, 0.3) is 10.8 Å². The van der Waals surface area contributed by atoms with Gasteiger partial charge in [0.25, 0.3) is 0 Å². The zero-order valence-electron chi connectivity index (χ0n) is 12.0. The molecule has 0 radical (unpaired) electrons. The first-order valence-electron chi connectivity index (χ1n) is 6.87. The molecule has 3 rings (SSSR count). The Kier molecular flexibility index (Phi) is 3.98. The zero-order valence-corrected chi connectivity index (χ0v) is 12.7. The lowest BCUT2D eigenvalue weighted by molar-refractivity contribution is 0.101. The highest BCUT2D eigenvalue weighted by Gasteiger charge is 2.16. The largest absolute Gasteiger partial charge is 0.381 e. The van der Waals surface area contributed by atoms with Gasteiger partial charge in [-0.1, -0.05) is 54.1 Å². The van der Waals surface area contributed by atoms with Gasteiger partial charge in [0.2, 0.25) is 0 Å². The first kappa shape index (κ1) is 14.4. The SMILES string of the molecule is CC(=O)c1c(Cl)c(ONc2ccccc2)cc2ccccc12. The van der Waals surface area contributed by atoms with Crippen LogP contribution in [0.4, 0.5) is 5.69 Å². The minimum Gasteiger partial charge on any atom is -0.381 e. The van der Waals surface area contributed by atoms with Crippen LogP contribution in [0.15, 0.2) is 60.7 Å². The van der Waals surface area contributed by atoms with E-state index in [4.69, 9.17) is 16.4 Å². The summed E-state index contributed by atoms with van der Waals surface area (Å²) in [5.41, 5.74) is 4.12. The standard InChI is InChI=1S/C18H14ClNO2/c1-12(21)17-15-10-6-5-7-13(15)11-16(18(17)19)22-20-14-8-3-2-4-9-14/h2-11,20H,1H3. The topological polar surface area (TPSA) is 38.3 Å². The number of halogens is 1. The molecule has 0 unspecified atom stereocenters. The zero-order chi connectivity index (χ0) is 15.5. The number of hydrogen-bond donors (Lipinski definition) is 1. The van der Waals surface area contributed by atoms with Gasteiger partial charge in [0.1, 0.15) is 0 Å². The molecular formula is C18H14ClNO2. The summed E-state index contributed by atoms with van der Waals surface area (Å²) < 4.78 is 0. The Bertz CT molecular complexity index is 831. The van der Waals surface area contributed by atoms with Gasteiger partial charge >= 0.3 is 0 Å². The summed E-state index contributed by atoms with van der Waals surface area (Å²) in [6, 6.07) is 18.9. The number of anilines is 1. The number of Topliss-reactive ketones (excluding diaryl/α,β-unsaturated/α-hetero) is 1. The van der Waals surface area contributed by atoms with Crippen LogP contribution in [0.1, 0.15) is 17.3 Å². The molecule has 4 heteroatoms. The fraction of sp³-hybridized carbons (Fsp3) is 0.0556. The van der Waals surface area contributed by atoms with Gasteiger partial charge in [-0.15, -0.1) is 0 Å². The van der Waals surface area contributed by atoms with E-state index in [1.54, 1.807) is 0 Å². The van der Waals surface area contributed by atoms with Crippen molar-refractivity contribution in [3.05, 3.63) is 71.2 Å². The number of hydrogen-bond acceptors (Lipinski definition) is 3. The van der Waals surface area contributed by atoms with Crippen LogP contribution in [0, 0.1) is 0 Å². The maximum atomic E-state index is 11.9. The van der Waals surface area contributed by atoms with Crippen molar-refractivity contribution < 1.29 is 9.63 Å². The number of carbonyl (C=O) groups excluding carboxylic acids is 1. The van der Waals surface area contributed by atoms with Gasteiger partial charge in [-0.05, 0) is 35.9 Å². The molecule has 0 atom stereocenters. The molecule has 0 amide bonds. The molecule has 3 nitrogen and oxygen atoms in total. The molecule has 3 aromatic rings. The average molecular weight is 312 g/mol. The normalized spacial score (nSPS) is 10.5. The van der Waals surface area contributed by atoms with Crippen LogP contribution < -0.4 is 10.3 Å². The average Bonchev–Trinajstić information content (AvgIpc) is 2.53. The Morgan fingerprint density at radius 3 is 2.45 bits per heavy atom. The molecule has 0 aliphatic heterocycles. The van der Waals surface area contributed by atoms with Gasteiger partial charge in [-0.2, -0.15) is 0 Å². The molecule has 0 heterocycles. The maximum absolute atomic E-state index is 11.9. The number of ketones is 1. The van der Waals surface area contributed by atoms with Crippen molar-refractivity contribution in [1.29, 1.82) is 0 Å². The number of carbonyl (C=O) groups is 1. The van der Waals surface area contributed by atoms with E-state index in [1.165, 1.54) is 6.92 Å². The van der Waals surface area contributed by atoms with E-state index in [1.807, 2.05) is 60.7 Å². The Labute approximate surface area is 133 Å². The predicted octanol–water partition coefficient (Wildman–Crippen LogP) is 5.10. The molecule has 0 aliphatic rings. The number of nitrogens with one attached hydrogen (secondary N) is 1. The lowest BCUT2D eigenvalue weighted by Crippen LogP contribution is -2.06. The summed E-state index contributed by atoms with van der Waals surface area (Å²) in [7, 11) is 0. The second kappa shape index (κ2) is 6.08. The summed E-state index contributed by atoms with van der Waals surface area (Å²) in [5.74, 6) is 0.334. The lowest BCUT2D eigenvalue weighted by atomic mass is 10.0. The highest BCUT2D eigenvalue weighted by molar-refractivity contribution is 6.37. The minimum absolute atomic E-state index is 0.0913. The summed E-state index contributed by atoms with van der Waals surface area (Å²) in [6.07, 6.45) is 0. The van der Waals surface area contributed by atoms with Crippen LogP contribution >= 0.6 is 11.6 Å². The molecule has 0 saturated heterocycles. The van der Waals surface area contributed by atoms with Gasteiger partial charge in [0.05, 0.1) is 10.7 Å². The summed E-state index contributed by atoms with van der Waals surface area (Å²) in [6.45, 7) is 1.50. The Balaban J connectivity index is 2.02. The fourth-order valence-electron chi connectivity index (χ4n) is 2.34. The first-order chi connectivity index (χ1) is 10.7. The van der Waals surface area contributed by atoms with Crippen LogP contribution in [-0.4, -0.2) is 5.78 Å². The Hall–Kier alpha value is -2.52. The number of fused-ring (bicyclic) bond motifs is 1. The van der Waals surface area contributed by atoms with Crippen molar-refractivity contribution in [2.45, 2.75) is 6.92 Å². The van der Waals surface area contributed by atoms with Gasteiger partial charge in [0, 0.05) is 5.56 Å². The lowest BCUT2D eigenvalue weighted by Gasteiger charge is -2.13. The monoisotopic (exact) mass is 311 g/mol. The quantitative estimate of drug-likeness (QED) is 0.538. The van der Waals surface area contributed by atoms with Crippen molar-refractivity contribution in [1.82, 2.24) is 0 Å². The van der Waals surface area contributed by atoms with Crippen molar-refractivity contribution in [2.24, 2.45) is 0 Å². The second-order valence-electron chi connectivity index (χ2n) is 4.91. The molecule has 22 heavy (non-hydrogen) atoms. The number of rotatable bonds is 4. The van der Waals surface area contributed by atoms with E-state index in [-0.39, 0.29) is 5.78 Å². The van der Waals surface area contributed by atoms with Crippen LogP contribution in [0.5, 0.6) is 5.75 Å². The van der Waals surface area contributed by atoms with E-state index < -0.39 is 0 Å². The molecule has 0 saturated carbocycles. The highest BCUT2D eigenvalue weighted by atomic mass is 35.5. The van der Waals surface area contributed by atoms with E-state index >= 15 is 0 Å². The second-order valence-corrected chi connectivity index (χ2v) is 5.29. The Morgan fingerprint density at radius 1 is 1.05 bits per heavy atom. The molecular weight excluding hydrogens is 298 g/mol. The Morgan fingerprint density at radius 2 is 1.73 bits per heavy atom. The molecule has 0 aliphatic carbocycles. The van der Waals surface area contributed by atoms with Crippen molar-refractivity contribution >= 4 is 33.8 Å². The van der Waals surface area contributed by atoms with E-state index in [2.05, 4.69) is 5.48 Å². The first-order valence-corrected chi connectivity index (χ1v) is 7.24. The van der Waals surface area contributed by atoms with Gasteiger partial charge < -0.3 is 4.84 Å². The predicted molar refractivity (Wildman–Crippen MR) is 89.7 cm³/mol. The third-order valence-electron chi connectivity index (χ3n) is 3.36. The molecule has 0 spiro atoms. The summed E-state index contributed by atoms with van der Waals surface area (Å²) in [4.78, 5) is 17.5. The van der Waals surface area contributed by atoms with Gasteiger partial charge in [-0.25, -0.2) is 5.48 Å². The van der Waals surface area contributed by atoms with E-state index in [9.17, 15) is 4.79 Å². The van der Waals surface area contributed by atoms with E-state index in [0.29, 0.717) is 16.3 Å². The van der Waals surface area contributed by atoms with Gasteiger partial charge in [0.15, 0.2) is 11.5 Å². The fourth-order valence-corrected chi connectivity index (χ4v) is 2.66. The molecule has 0 bridgehead atoms. The maximum Gasteiger partial charge on any atom is 0.174 e. The van der Waals surface area contributed by atoms with Crippen LogP contribution in [-0.2, 0) is 0 Å². The molecule has 0 aromatic heterocycles. The van der Waals surface area contributed by atoms with Crippen molar-refractivity contribution in [2.75, 3.05) is 5.48 Å². The summed E-state index contributed by atoms with van der Waals surface area (Å²) >= 11 is 6.36. The minimum atomic E-state index is -0.0913. The third-order valence-corrected chi connectivity index (χ3v) is 3.73. The van der Waals surface area contributed by atoms with Crippen LogP contribution in [0.2, 0.25) is 5.02 Å². The smallest absolute Gasteiger partial charge is 0.174 e. The third kappa shape index (κ3) is 2.76. The number of para-hydroxylation sites is 1. The van der Waals surface area contributed by atoms with Crippen molar-refractivity contribution in [3.63, 3.8) is 0 Å². The number of benzene rings is 3. The van der Waals surface area contributed by atoms with E-state index in [0.717, 1.165) is 16.5 Å². The highest BCUT2D eigenvalue weighted by Crippen LogP contribution is 2.35. The van der Waals surface area contributed by atoms with Gasteiger partial charge in [-0.3, -0.25) is 4.79 Å². The molecule has 1 N–H and O–H groups in total.